The summed E-state index contributed by atoms with van der Waals surface area (Å²) in [6.45, 7) is 3.77. The van der Waals surface area contributed by atoms with Gasteiger partial charge in [0, 0.05) is 5.92 Å². The minimum atomic E-state index is -1.10. The summed E-state index contributed by atoms with van der Waals surface area (Å²) in [4.78, 5) is 25.0. The van der Waals surface area contributed by atoms with Crippen molar-refractivity contribution in [1.29, 1.82) is 0 Å². The number of ether oxygens (including phenoxy) is 1. The van der Waals surface area contributed by atoms with E-state index in [9.17, 15) is 14.7 Å². The van der Waals surface area contributed by atoms with Gasteiger partial charge in [0.25, 0.3) is 0 Å². The van der Waals surface area contributed by atoms with Gasteiger partial charge in [-0.1, -0.05) is 55.5 Å². The van der Waals surface area contributed by atoms with E-state index in [1.165, 1.54) is 0 Å². The van der Waals surface area contributed by atoms with Crippen molar-refractivity contribution >= 4 is 11.9 Å². The molecule has 0 aliphatic heterocycles. The quantitative estimate of drug-likeness (QED) is 0.800. The molecule has 3 unspecified atom stereocenters. The van der Waals surface area contributed by atoms with Crippen LogP contribution >= 0.6 is 0 Å². The third kappa shape index (κ3) is 3.12. The van der Waals surface area contributed by atoms with Crippen LogP contribution in [0.1, 0.15) is 53.6 Å². The van der Waals surface area contributed by atoms with Crippen molar-refractivity contribution in [3.05, 3.63) is 71.3 Å². The first-order valence-electron chi connectivity index (χ1n) is 9.01. The molecule has 3 rings (SSSR count). The highest BCUT2D eigenvalue weighted by Gasteiger charge is 2.55. The van der Waals surface area contributed by atoms with Gasteiger partial charge in [-0.25, -0.2) is 4.79 Å². The van der Waals surface area contributed by atoms with E-state index in [1.54, 1.807) is 12.1 Å². The molecular weight excluding hydrogens is 328 g/mol. The fraction of sp³-hybridized carbons (Fsp3) is 0.364. The summed E-state index contributed by atoms with van der Waals surface area (Å²) in [5.74, 6) is -1.59. The van der Waals surface area contributed by atoms with Crippen molar-refractivity contribution in [2.75, 3.05) is 0 Å². The molecule has 0 amide bonds. The topological polar surface area (TPSA) is 63.6 Å². The maximum Gasteiger partial charge on any atom is 0.338 e. The maximum atomic E-state index is 12.7. The molecule has 2 aromatic rings. The van der Waals surface area contributed by atoms with Crippen LogP contribution in [0.3, 0.4) is 0 Å². The van der Waals surface area contributed by atoms with Crippen LogP contribution in [0.4, 0.5) is 0 Å². The number of hydrogen-bond acceptors (Lipinski definition) is 3. The molecule has 136 valence electrons. The number of carbonyl (C=O) groups is 2. The molecule has 3 atom stereocenters. The first-order valence-corrected chi connectivity index (χ1v) is 9.01. The number of esters is 1. The van der Waals surface area contributed by atoms with Gasteiger partial charge in [0.2, 0.25) is 0 Å². The number of carboxylic acids is 1. The molecule has 1 saturated carbocycles. The van der Waals surface area contributed by atoms with Gasteiger partial charge in [-0.05, 0) is 43.4 Å². The van der Waals surface area contributed by atoms with Gasteiger partial charge < -0.3 is 9.84 Å². The van der Waals surface area contributed by atoms with Crippen LogP contribution in [0.5, 0.6) is 0 Å². The summed E-state index contributed by atoms with van der Waals surface area (Å²) in [6, 6.07) is 16.8. The molecule has 0 aromatic heterocycles. The summed E-state index contributed by atoms with van der Waals surface area (Å²) in [5.41, 5.74) is 1.17. The molecule has 1 N–H and O–H groups in total. The van der Waals surface area contributed by atoms with E-state index in [0.29, 0.717) is 18.4 Å². The van der Waals surface area contributed by atoms with Crippen LogP contribution in [0.2, 0.25) is 0 Å². The molecule has 2 aromatic carbocycles. The predicted octanol–water partition coefficient (Wildman–Crippen LogP) is 4.58. The van der Waals surface area contributed by atoms with Crippen LogP contribution in [-0.2, 0) is 9.53 Å². The Morgan fingerprint density at radius 3 is 2.42 bits per heavy atom. The number of benzene rings is 2. The number of hydrogen-bond donors (Lipinski definition) is 1. The smallest absolute Gasteiger partial charge is 0.338 e. The van der Waals surface area contributed by atoms with E-state index in [-0.39, 0.29) is 5.92 Å². The van der Waals surface area contributed by atoms with Crippen molar-refractivity contribution < 1.29 is 19.4 Å². The molecule has 0 heterocycles. The Morgan fingerprint density at radius 1 is 1.12 bits per heavy atom. The number of rotatable bonds is 5. The molecule has 4 nitrogen and oxygen atoms in total. The molecule has 0 bridgehead atoms. The van der Waals surface area contributed by atoms with Gasteiger partial charge in [-0.2, -0.15) is 0 Å². The van der Waals surface area contributed by atoms with Crippen LogP contribution in [0.25, 0.3) is 0 Å². The largest absolute Gasteiger partial charge is 0.481 e. The average molecular weight is 352 g/mol. The zero-order valence-electron chi connectivity index (χ0n) is 15.1. The first-order chi connectivity index (χ1) is 12.5. The summed E-state index contributed by atoms with van der Waals surface area (Å²) >= 11 is 0. The van der Waals surface area contributed by atoms with Crippen LogP contribution in [0, 0.1) is 12.3 Å². The highest BCUT2D eigenvalue weighted by Crippen LogP contribution is 2.50. The maximum absolute atomic E-state index is 12.7. The zero-order chi connectivity index (χ0) is 18.7. The Bertz CT molecular complexity index is 799. The number of aliphatic carboxylic acids is 1. The second-order valence-electron chi connectivity index (χ2n) is 7.08. The standard InChI is InChI=1S/C22H24O4/c1-15-9-6-7-12-18(15)20(23)26-19-13-8-14-22(19,21(24)25)16(2)17-10-4-3-5-11-17/h3-7,9-12,16,19H,8,13-14H2,1-2H3,(H,24,25). The number of carboxylic acid groups (broad SMARTS) is 1. The van der Waals surface area contributed by atoms with Crippen molar-refractivity contribution in [1.82, 2.24) is 0 Å². The van der Waals surface area contributed by atoms with Crippen molar-refractivity contribution in [2.45, 2.75) is 45.1 Å². The van der Waals surface area contributed by atoms with E-state index < -0.39 is 23.5 Å². The molecule has 1 aliphatic carbocycles. The number of carbonyl (C=O) groups excluding carboxylic acids is 1. The Balaban J connectivity index is 1.91. The minimum absolute atomic E-state index is 0.252. The van der Waals surface area contributed by atoms with Crippen LogP contribution in [0.15, 0.2) is 54.6 Å². The summed E-state index contributed by atoms with van der Waals surface area (Å²) in [7, 11) is 0. The fourth-order valence-corrected chi connectivity index (χ4v) is 4.12. The SMILES string of the molecule is Cc1ccccc1C(=O)OC1CCCC1(C(=O)O)C(C)c1ccccc1. The molecule has 0 spiro atoms. The summed E-state index contributed by atoms with van der Waals surface area (Å²) in [6.07, 6.45) is 1.17. The molecule has 0 radical (unpaired) electrons. The lowest BCUT2D eigenvalue weighted by atomic mass is 9.70. The lowest BCUT2D eigenvalue weighted by Gasteiger charge is -2.36. The fourth-order valence-electron chi connectivity index (χ4n) is 4.12. The normalized spacial score (nSPS) is 23.4. The van der Waals surface area contributed by atoms with E-state index in [1.807, 2.05) is 56.3 Å². The van der Waals surface area contributed by atoms with Crippen LogP contribution in [-0.4, -0.2) is 23.1 Å². The third-order valence-electron chi connectivity index (χ3n) is 5.72. The molecule has 1 fully saturated rings. The lowest BCUT2D eigenvalue weighted by molar-refractivity contribution is -0.156. The second-order valence-corrected chi connectivity index (χ2v) is 7.08. The Kier molecular flexibility index (Phi) is 5.12. The third-order valence-corrected chi connectivity index (χ3v) is 5.72. The Morgan fingerprint density at radius 2 is 1.77 bits per heavy atom. The molecule has 4 heteroatoms. The Labute approximate surface area is 153 Å². The van der Waals surface area contributed by atoms with Crippen LogP contribution < -0.4 is 0 Å². The van der Waals surface area contributed by atoms with Gasteiger partial charge >= 0.3 is 11.9 Å². The Hall–Kier alpha value is -2.62. The monoisotopic (exact) mass is 352 g/mol. The predicted molar refractivity (Wildman–Crippen MR) is 99.2 cm³/mol. The first kappa shape index (κ1) is 18.2. The van der Waals surface area contributed by atoms with Gasteiger partial charge in [-0.3, -0.25) is 4.79 Å². The summed E-state index contributed by atoms with van der Waals surface area (Å²) in [5, 5.41) is 10.1. The molecule has 0 saturated heterocycles. The van der Waals surface area contributed by atoms with Crippen molar-refractivity contribution in [3.8, 4) is 0 Å². The minimum Gasteiger partial charge on any atom is -0.481 e. The van der Waals surface area contributed by atoms with Gasteiger partial charge in [0.05, 0.1) is 5.56 Å². The molecule has 26 heavy (non-hydrogen) atoms. The zero-order valence-corrected chi connectivity index (χ0v) is 15.1. The summed E-state index contributed by atoms with van der Waals surface area (Å²) < 4.78 is 5.78. The van der Waals surface area contributed by atoms with E-state index in [2.05, 4.69) is 0 Å². The molecular formula is C22H24O4. The van der Waals surface area contributed by atoms with E-state index in [4.69, 9.17) is 4.74 Å². The van der Waals surface area contributed by atoms with E-state index >= 15 is 0 Å². The van der Waals surface area contributed by atoms with Gasteiger partial charge in [-0.15, -0.1) is 0 Å². The highest BCUT2D eigenvalue weighted by molar-refractivity contribution is 5.91. The van der Waals surface area contributed by atoms with Crippen molar-refractivity contribution in [2.24, 2.45) is 5.41 Å². The second kappa shape index (κ2) is 7.32. The van der Waals surface area contributed by atoms with Gasteiger partial charge in [0.15, 0.2) is 0 Å². The average Bonchev–Trinajstić information content (AvgIpc) is 3.06. The van der Waals surface area contributed by atoms with Gasteiger partial charge in [0.1, 0.15) is 11.5 Å². The van der Waals surface area contributed by atoms with Crippen molar-refractivity contribution in [3.63, 3.8) is 0 Å². The highest BCUT2D eigenvalue weighted by atomic mass is 16.5. The number of aryl methyl sites for hydroxylation is 1. The lowest BCUT2D eigenvalue weighted by Crippen LogP contribution is -2.45. The van der Waals surface area contributed by atoms with E-state index in [0.717, 1.165) is 17.5 Å². The molecule has 1 aliphatic rings.